The zero-order chi connectivity index (χ0) is 14.4. The van der Waals surface area contributed by atoms with Gasteiger partial charge in [-0.3, -0.25) is 0 Å². The minimum atomic E-state index is 0.0828. The van der Waals surface area contributed by atoms with Crippen LogP contribution in [0.4, 0.5) is 0 Å². The summed E-state index contributed by atoms with van der Waals surface area (Å²) in [5, 5.41) is 11.7. The monoisotopic (exact) mass is 275 g/mol. The standard InChI is InChI=1S/C14H17N3O3/c1-19-11-4-6-12(7-5-11)20-10-9-17-8-2-3-13(17)14(15)16-18/h2-8,18H,9-10H2,1H3,(H2,15,16). The van der Waals surface area contributed by atoms with Crippen molar-refractivity contribution in [3.8, 4) is 11.5 Å². The van der Waals surface area contributed by atoms with E-state index in [4.69, 9.17) is 20.4 Å². The van der Waals surface area contributed by atoms with Crippen LogP contribution < -0.4 is 15.2 Å². The molecule has 0 aliphatic rings. The highest BCUT2D eigenvalue weighted by Gasteiger charge is 2.05. The van der Waals surface area contributed by atoms with Gasteiger partial charge in [-0.2, -0.15) is 0 Å². The molecule has 0 radical (unpaired) electrons. The van der Waals surface area contributed by atoms with Crippen LogP contribution in [0.1, 0.15) is 5.69 Å². The normalized spacial score (nSPS) is 11.3. The van der Waals surface area contributed by atoms with Gasteiger partial charge >= 0.3 is 0 Å². The van der Waals surface area contributed by atoms with Gasteiger partial charge in [0.1, 0.15) is 18.1 Å². The van der Waals surface area contributed by atoms with E-state index in [1.165, 1.54) is 0 Å². The minimum Gasteiger partial charge on any atom is -0.497 e. The number of hydrogen-bond acceptors (Lipinski definition) is 4. The molecule has 2 rings (SSSR count). The first-order valence-corrected chi connectivity index (χ1v) is 6.14. The fraction of sp³-hybridized carbons (Fsp3) is 0.214. The van der Waals surface area contributed by atoms with Crippen molar-refractivity contribution in [3.63, 3.8) is 0 Å². The number of amidine groups is 1. The first kappa shape index (κ1) is 13.8. The molecule has 106 valence electrons. The lowest BCUT2D eigenvalue weighted by Crippen LogP contribution is -2.20. The van der Waals surface area contributed by atoms with Crippen molar-refractivity contribution in [3.05, 3.63) is 48.3 Å². The fourth-order valence-electron chi connectivity index (χ4n) is 1.83. The second kappa shape index (κ2) is 6.51. The molecule has 3 N–H and O–H groups in total. The molecule has 0 aliphatic heterocycles. The minimum absolute atomic E-state index is 0.0828. The van der Waals surface area contributed by atoms with E-state index < -0.39 is 0 Å². The van der Waals surface area contributed by atoms with Gasteiger partial charge in [-0.25, -0.2) is 0 Å². The third kappa shape index (κ3) is 3.23. The number of ether oxygens (including phenoxy) is 2. The molecule has 1 aromatic carbocycles. The van der Waals surface area contributed by atoms with Crippen LogP contribution in [-0.2, 0) is 6.54 Å². The Bertz CT molecular complexity index is 576. The molecular weight excluding hydrogens is 258 g/mol. The van der Waals surface area contributed by atoms with Crippen molar-refractivity contribution < 1.29 is 14.7 Å². The molecule has 1 aromatic heterocycles. The molecule has 0 fully saturated rings. The van der Waals surface area contributed by atoms with Gasteiger partial charge in [0.25, 0.3) is 0 Å². The van der Waals surface area contributed by atoms with E-state index in [-0.39, 0.29) is 5.84 Å². The topological polar surface area (TPSA) is 82.0 Å². The van der Waals surface area contributed by atoms with Gasteiger partial charge in [-0.1, -0.05) is 5.16 Å². The number of methoxy groups -OCH3 is 1. The van der Waals surface area contributed by atoms with Crippen molar-refractivity contribution in [2.24, 2.45) is 10.9 Å². The predicted molar refractivity (Wildman–Crippen MR) is 75.4 cm³/mol. The van der Waals surface area contributed by atoms with Crippen LogP contribution in [0.5, 0.6) is 11.5 Å². The molecule has 1 heterocycles. The SMILES string of the molecule is COc1ccc(OCCn2cccc2/C(N)=N/O)cc1. The zero-order valence-electron chi connectivity index (χ0n) is 11.2. The maximum Gasteiger partial charge on any atom is 0.186 e. The highest BCUT2D eigenvalue weighted by molar-refractivity contribution is 5.95. The largest absolute Gasteiger partial charge is 0.497 e. The van der Waals surface area contributed by atoms with Crippen LogP contribution in [0.3, 0.4) is 0 Å². The van der Waals surface area contributed by atoms with Gasteiger partial charge in [-0.05, 0) is 36.4 Å². The Hall–Kier alpha value is -2.63. The third-order valence-corrected chi connectivity index (χ3v) is 2.86. The molecule has 2 aromatic rings. The molecule has 0 unspecified atom stereocenters. The summed E-state index contributed by atoms with van der Waals surface area (Å²) < 4.78 is 12.6. The molecule has 0 atom stereocenters. The molecule has 0 bridgehead atoms. The van der Waals surface area contributed by atoms with E-state index >= 15 is 0 Å². The second-order valence-electron chi connectivity index (χ2n) is 4.10. The van der Waals surface area contributed by atoms with Crippen LogP contribution in [0.2, 0.25) is 0 Å². The van der Waals surface area contributed by atoms with Crippen LogP contribution >= 0.6 is 0 Å². The fourth-order valence-corrected chi connectivity index (χ4v) is 1.83. The quantitative estimate of drug-likeness (QED) is 0.363. The van der Waals surface area contributed by atoms with Crippen LogP contribution in [0, 0.1) is 0 Å². The number of oxime groups is 1. The van der Waals surface area contributed by atoms with E-state index in [1.807, 2.05) is 41.1 Å². The lowest BCUT2D eigenvalue weighted by Gasteiger charge is -2.10. The Morgan fingerprint density at radius 1 is 1.25 bits per heavy atom. The maximum atomic E-state index is 8.69. The molecular formula is C14H17N3O3. The summed E-state index contributed by atoms with van der Waals surface area (Å²) in [5.74, 6) is 1.64. The van der Waals surface area contributed by atoms with Gasteiger partial charge in [0, 0.05) is 6.20 Å². The Balaban J connectivity index is 1.91. The molecule has 0 spiro atoms. The van der Waals surface area contributed by atoms with Crippen molar-refractivity contribution in [2.45, 2.75) is 6.54 Å². The summed E-state index contributed by atoms with van der Waals surface area (Å²) in [4.78, 5) is 0. The Kier molecular flexibility index (Phi) is 4.49. The lowest BCUT2D eigenvalue weighted by molar-refractivity contribution is 0.296. The number of nitrogens with zero attached hydrogens (tertiary/aromatic N) is 2. The summed E-state index contributed by atoms with van der Waals surface area (Å²) in [5.41, 5.74) is 6.24. The maximum absolute atomic E-state index is 8.69. The highest BCUT2D eigenvalue weighted by Crippen LogP contribution is 2.17. The first-order chi connectivity index (χ1) is 9.74. The number of nitrogens with two attached hydrogens (primary N) is 1. The Morgan fingerprint density at radius 3 is 2.60 bits per heavy atom. The van der Waals surface area contributed by atoms with E-state index in [9.17, 15) is 0 Å². The van der Waals surface area contributed by atoms with E-state index in [1.54, 1.807) is 13.2 Å². The Labute approximate surface area is 117 Å². The van der Waals surface area contributed by atoms with Crippen molar-refractivity contribution in [2.75, 3.05) is 13.7 Å². The predicted octanol–water partition coefficient (Wildman–Crippen LogP) is 1.67. The van der Waals surface area contributed by atoms with Gasteiger partial charge < -0.3 is 25.0 Å². The van der Waals surface area contributed by atoms with Crippen LogP contribution in [0.15, 0.2) is 47.8 Å². The van der Waals surface area contributed by atoms with E-state index in [0.29, 0.717) is 18.8 Å². The molecule has 6 nitrogen and oxygen atoms in total. The van der Waals surface area contributed by atoms with Gasteiger partial charge in [0.2, 0.25) is 0 Å². The van der Waals surface area contributed by atoms with Crippen molar-refractivity contribution >= 4 is 5.84 Å². The smallest absolute Gasteiger partial charge is 0.186 e. The Morgan fingerprint density at radius 2 is 1.95 bits per heavy atom. The van der Waals surface area contributed by atoms with Gasteiger partial charge in [0.15, 0.2) is 5.84 Å². The van der Waals surface area contributed by atoms with Gasteiger partial charge in [-0.15, -0.1) is 0 Å². The summed E-state index contributed by atoms with van der Waals surface area (Å²) in [6, 6.07) is 11.0. The molecule has 0 amide bonds. The average Bonchev–Trinajstić information content (AvgIpc) is 2.95. The summed E-state index contributed by atoms with van der Waals surface area (Å²) in [7, 11) is 1.62. The molecule has 0 saturated heterocycles. The lowest BCUT2D eigenvalue weighted by atomic mass is 10.3. The first-order valence-electron chi connectivity index (χ1n) is 6.14. The van der Waals surface area contributed by atoms with Crippen molar-refractivity contribution in [1.29, 1.82) is 0 Å². The number of aromatic nitrogens is 1. The summed E-state index contributed by atoms with van der Waals surface area (Å²) in [6.07, 6.45) is 1.85. The van der Waals surface area contributed by atoms with E-state index in [2.05, 4.69) is 5.16 Å². The highest BCUT2D eigenvalue weighted by atomic mass is 16.5. The molecule has 0 aliphatic carbocycles. The summed E-state index contributed by atoms with van der Waals surface area (Å²) in [6.45, 7) is 1.08. The molecule has 0 saturated carbocycles. The van der Waals surface area contributed by atoms with Crippen molar-refractivity contribution in [1.82, 2.24) is 4.57 Å². The molecule has 20 heavy (non-hydrogen) atoms. The van der Waals surface area contributed by atoms with E-state index in [0.717, 1.165) is 11.5 Å². The number of hydrogen-bond donors (Lipinski definition) is 2. The van der Waals surface area contributed by atoms with Gasteiger partial charge in [0.05, 0.1) is 19.3 Å². The zero-order valence-corrected chi connectivity index (χ0v) is 11.2. The number of benzene rings is 1. The third-order valence-electron chi connectivity index (χ3n) is 2.86. The number of rotatable bonds is 6. The van der Waals surface area contributed by atoms with Crippen LogP contribution in [0.25, 0.3) is 0 Å². The van der Waals surface area contributed by atoms with Crippen LogP contribution in [-0.4, -0.2) is 29.3 Å². The average molecular weight is 275 g/mol. The second-order valence-corrected chi connectivity index (χ2v) is 4.10. The summed E-state index contributed by atoms with van der Waals surface area (Å²) >= 11 is 0. The molecule has 6 heteroatoms.